The molecule has 3 N–H and O–H groups in total. The summed E-state index contributed by atoms with van der Waals surface area (Å²) in [6.45, 7) is 3.78. The fraction of sp³-hybridized carbons (Fsp3) is 0.444. The van der Waals surface area contributed by atoms with Gasteiger partial charge in [-0.2, -0.15) is 0 Å². The Balaban J connectivity index is 1.75. The first-order chi connectivity index (χ1) is 11.0. The summed E-state index contributed by atoms with van der Waals surface area (Å²) >= 11 is 0. The second-order valence-electron chi connectivity index (χ2n) is 6.45. The number of aryl methyl sites for hydroxylation is 2. The zero-order valence-electron chi connectivity index (χ0n) is 13.7. The average Bonchev–Trinajstić information content (AvgIpc) is 2.89. The Morgan fingerprint density at radius 2 is 2.00 bits per heavy atom. The lowest BCUT2D eigenvalue weighted by Crippen LogP contribution is -2.39. The van der Waals surface area contributed by atoms with Crippen LogP contribution in [0.15, 0.2) is 18.2 Å². The standard InChI is InChI=1S/C18H23N3O2/c1-11(2)20-17(22)10-19-18(23)12-7-8-16-14(9-12)13-5-3-4-6-15(13)21-16/h7-9,11,21H,3-6,10H2,1-2H3,(H,19,23)(H,20,22). The molecule has 122 valence electrons. The minimum absolute atomic E-state index is 0.000292. The molecule has 0 saturated carbocycles. The molecule has 1 heterocycles. The molecular weight excluding hydrogens is 290 g/mol. The van der Waals surface area contributed by atoms with Gasteiger partial charge in [-0.1, -0.05) is 0 Å². The minimum atomic E-state index is -0.212. The van der Waals surface area contributed by atoms with E-state index < -0.39 is 0 Å². The molecule has 3 rings (SSSR count). The molecule has 2 amide bonds. The molecule has 5 heteroatoms. The van der Waals surface area contributed by atoms with Gasteiger partial charge in [-0.25, -0.2) is 0 Å². The number of benzene rings is 1. The summed E-state index contributed by atoms with van der Waals surface area (Å²) in [6, 6.07) is 5.77. The van der Waals surface area contributed by atoms with Gasteiger partial charge in [-0.15, -0.1) is 0 Å². The first-order valence-corrected chi connectivity index (χ1v) is 8.25. The molecule has 0 aliphatic heterocycles. The monoisotopic (exact) mass is 313 g/mol. The lowest BCUT2D eigenvalue weighted by atomic mass is 9.95. The molecule has 0 saturated heterocycles. The zero-order chi connectivity index (χ0) is 16.4. The van der Waals surface area contributed by atoms with Crippen LogP contribution in [0, 0.1) is 0 Å². The van der Waals surface area contributed by atoms with E-state index in [9.17, 15) is 9.59 Å². The van der Waals surface area contributed by atoms with E-state index in [0.717, 1.165) is 23.7 Å². The topological polar surface area (TPSA) is 74.0 Å². The number of aromatic amines is 1. The third kappa shape index (κ3) is 3.38. The number of rotatable bonds is 4. The highest BCUT2D eigenvalue weighted by atomic mass is 16.2. The Morgan fingerprint density at radius 3 is 2.78 bits per heavy atom. The Morgan fingerprint density at radius 1 is 1.22 bits per heavy atom. The van der Waals surface area contributed by atoms with Crippen molar-refractivity contribution in [3.05, 3.63) is 35.0 Å². The van der Waals surface area contributed by atoms with Gasteiger partial charge in [0.1, 0.15) is 0 Å². The van der Waals surface area contributed by atoms with E-state index >= 15 is 0 Å². The van der Waals surface area contributed by atoms with Crippen molar-refractivity contribution < 1.29 is 9.59 Å². The molecule has 0 atom stereocenters. The van der Waals surface area contributed by atoms with Crippen LogP contribution in [0.1, 0.15) is 48.3 Å². The molecule has 0 radical (unpaired) electrons. The van der Waals surface area contributed by atoms with Crippen LogP contribution in [-0.4, -0.2) is 29.4 Å². The second-order valence-corrected chi connectivity index (χ2v) is 6.45. The largest absolute Gasteiger partial charge is 0.358 e. The minimum Gasteiger partial charge on any atom is -0.358 e. The highest BCUT2D eigenvalue weighted by Crippen LogP contribution is 2.29. The van der Waals surface area contributed by atoms with Gasteiger partial charge in [-0.3, -0.25) is 9.59 Å². The number of H-pyrrole nitrogens is 1. The summed E-state index contributed by atoms with van der Waals surface area (Å²) in [5.41, 5.74) is 4.34. The predicted molar refractivity (Wildman–Crippen MR) is 90.6 cm³/mol. The number of fused-ring (bicyclic) bond motifs is 3. The van der Waals surface area contributed by atoms with E-state index in [-0.39, 0.29) is 24.4 Å². The Kier molecular flexibility index (Phi) is 4.37. The lowest BCUT2D eigenvalue weighted by molar-refractivity contribution is -0.120. The van der Waals surface area contributed by atoms with Crippen molar-refractivity contribution in [2.45, 2.75) is 45.6 Å². The number of carbonyl (C=O) groups is 2. The maximum atomic E-state index is 12.3. The quantitative estimate of drug-likeness (QED) is 0.810. The molecule has 0 bridgehead atoms. The van der Waals surface area contributed by atoms with Crippen molar-refractivity contribution in [1.82, 2.24) is 15.6 Å². The maximum Gasteiger partial charge on any atom is 0.251 e. The summed E-state index contributed by atoms with van der Waals surface area (Å²) in [7, 11) is 0. The predicted octanol–water partition coefficient (Wildman–Crippen LogP) is 2.30. The first-order valence-electron chi connectivity index (χ1n) is 8.25. The Labute approximate surface area is 135 Å². The van der Waals surface area contributed by atoms with E-state index in [1.165, 1.54) is 24.1 Å². The number of hydrogen-bond donors (Lipinski definition) is 3. The SMILES string of the molecule is CC(C)NC(=O)CNC(=O)c1ccc2[nH]c3c(c2c1)CCCC3. The van der Waals surface area contributed by atoms with Gasteiger partial charge in [0.05, 0.1) is 6.54 Å². The number of hydrogen-bond acceptors (Lipinski definition) is 2. The van der Waals surface area contributed by atoms with Crippen LogP contribution in [0.5, 0.6) is 0 Å². The van der Waals surface area contributed by atoms with Crippen LogP contribution in [-0.2, 0) is 17.6 Å². The average molecular weight is 313 g/mol. The molecule has 1 aromatic carbocycles. The van der Waals surface area contributed by atoms with Crippen molar-refractivity contribution >= 4 is 22.7 Å². The van der Waals surface area contributed by atoms with Gasteiger partial charge >= 0.3 is 0 Å². The first kappa shape index (κ1) is 15.6. The van der Waals surface area contributed by atoms with Crippen molar-refractivity contribution in [3.8, 4) is 0 Å². The van der Waals surface area contributed by atoms with Crippen LogP contribution < -0.4 is 10.6 Å². The van der Waals surface area contributed by atoms with Gasteiger partial charge < -0.3 is 15.6 Å². The molecule has 1 aliphatic rings. The molecule has 0 fully saturated rings. The molecule has 2 aromatic rings. The van der Waals surface area contributed by atoms with E-state index in [0.29, 0.717) is 5.56 Å². The molecule has 23 heavy (non-hydrogen) atoms. The van der Waals surface area contributed by atoms with E-state index in [1.807, 2.05) is 26.0 Å². The normalized spacial score (nSPS) is 13.9. The third-order valence-corrected chi connectivity index (χ3v) is 4.22. The fourth-order valence-electron chi connectivity index (χ4n) is 3.18. The third-order valence-electron chi connectivity index (χ3n) is 4.22. The lowest BCUT2D eigenvalue weighted by Gasteiger charge is -2.11. The van der Waals surface area contributed by atoms with Gasteiger partial charge in [0.2, 0.25) is 5.91 Å². The highest BCUT2D eigenvalue weighted by Gasteiger charge is 2.17. The van der Waals surface area contributed by atoms with E-state index in [2.05, 4.69) is 15.6 Å². The molecule has 0 unspecified atom stereocenters. The van der Waals surface area contributed by atoms with Crippen molar-refractivity contribution in [3.63, 3.8) is 0 Å². The molecule has 5 nitrogen and oxygen atoms in total. The van der Waals surface area contributed by atoms with Crippen LogP contribution in [0.25, 0.3) is 10.9 Å². The van der Waals surface area contributed by atoms with Crippen LogP contribution >= 0.6 is 0 Å². The van der Waals surface area contributed by atoms with Crippen LogP contribution in [0.4, 0.5) is 0 Å². The molecule has 1 aliphatic carbocycles. The molecule has 1 aromatic heterocycles. The summed E-state index contributed by atoms with van der Waals surface area (Å²) in [6.07, 6.45) is 4.57. The number of nitrogens with one attached hydrogen (secondary N) is 3. The van der Waals surface area contributed by atoms with E-state index in [1.54, 1.807) is 6.07 Å². The Bertz CT molecular complexity index is 746. The van der Waals surface area contributed by atoms with Crippen LogP contribution in [0.3, 0.4) is 0 Å². The maximum absolute atomic E-state index is 12.3. The number of amides is 2. The van der Waals surface area contributed by atoms with E-state index in [4.69, 9.17) is 0 Å². The van der Waals surface area contributed by atoms with Gasteiger partial charge in [0.25, 0.3) is 5.91 Å². The fourth-order valence-corrected chi connectivity index (χ4v) is 3.18. The molecular formula is C18H23N3O2. The van der Waals surface area contributed by atoms with Crippen molar-refractivity contribution in [2.75, 3.05) is 6.54 Å². The number of carbonyl (C=O) groups excluding carboxylic acids is 2. The zero-order valence-corrected chi connectivity index (χ0v) is 13.7. The Hall–Kier alpha value is -2.30. The van der Waals surface area contributed by atoms with Crippen molar-refractivity contribution in [2.24, 2.45) is 0 Å². The summed E-state index contributed by atoms with van der Waals surface area (Å²) in [4.78, 5) is 27.3. The smallest absolute Gasteiger partial charge is 0.251 e. The van der Waals surface area contributed by atoms with Gasteiger partial charge in [0, 0.05) is 28.2 Å². The molecule has 0 spiro atoms. The second kappa shape index (κ2) is 6.44. The number of aromatic nitrogens is 1. The van der Waals surface area contributed by atoms with Gasteiger partial charge in [0.15, 0.2) is 0 Å². The van der Waals surface area contributed by atoms with Gasteiger partial charge in [-0.05, 0) is 63.3 Å². The summed E-state index contributed by atoms with van der Waals surface area (Å²) < 4.78 is 0. The van der Waals surface area contributed by atoms with Crippen molar-refractivity contribution in [1.29, 1.82) is 0 Å². The highest BCUT2D eigenvalue weighted by molar-refractivity contribution is 6.00. The summed E-state index contributed by atoms with van der Waals surface area (Å²) in [5, 5.41) is 6.58. The summed E-state index contributed by atoms with van der Waals surface area (Å²) in [5.74, 6) is -0.384. The van der Waals surface area contributed by atoms with Crippen LogP contribution in [0.2, 0.25) is 0 Å².